The first-order valence-corrected chi connectivity index (χ1v) is 6.59. The van der Waals surface area contributed by atoms with Gasteiger partial charge in [0, 0.05) is 18.5 Å². The number of nitrogens with zero attached hydrogens (tertiary/aromatic N) is 1. The molecule has 2 rings (SSSR count). The van der Waals surface area contributed by atoms with Crippen LogP contribution in [0.5, 0.6) is 0 Å². The largest absolute Gasteiger partial charge is 0.338 e. The standard InChI is InChI=1S/C13H15Cl2NO/c1-9-3-2-4-11(12(9)15)13(17)16-7-5-10(14)6-8-16/h2-4,10H,5-8H2,1H3. The van der Waals surface area contributed by atoms with E-state index in [1.165, 1.54) is 0 Å². The molecule has 4 heteroatoms. The van der Waals surface area contributed by atoms with Gasteiger partial charge in [-0.1, -0.05) is 23.7 Å². The third-order valence-corrected chi connectivity index (χ3v) is 4.07. The maximum Gasteiger partial charge on any atom is 0.255 e. The smallest absolute Gasteiger partial charge is 0.255 e. The number of halogens is 2. The van der Waals surface area contributed by atoms with Gasteiger partial charge in [0.2, 0.25) is 0 Å². The summed E-state index contributed by atoms with van der Waals surface area (Å²) in [4.78, 5) is 14.1. The van der Waals surface area contributed by atoms with Crippen molar-refractivity contribution in [1.29, 1.82) is 0 Å². The van der Waals surface area contributed by atoms with Gasteiger partial charge in [-0.2, -0.15) is 0 Å². The molecule has 0 bridgehead atoms. The molecule has 2 nitrogen and oxygen atoms in total. The molecular weight excluding hydrogens is 257 g/mol. The third-order valence-electron chi connectivity index (χ3n) is 3.13. The van der Waals surface area contributed by atoms with Crippen molar-refractivity contribution in [1.82, 2.24) is 4.90 Å². The van der Waals surface area contributed by atoms with Crippen molar-refractivity contribution in [3.8, 4) is 0 Å². The fraction of sp³-hybridized carbons (Fsp3) is 0.462. The molecule has 1 saturated heterocycles. The van der Waals surface area contributed by atoms with Crippen LogP contribution in [-0.4, -0.2) is 29.3 Å². The summed E-state index contributed by atoms with van der Waals surface area (Å²) in [7, 11) is 0. The summed E-state index contributed by atoms with van der Waals surface area (Å²) < 4.78 is 0. The van der Waals surface area contributed by atoms with Gasteiger partial charge in [0.25, 0.3) is 5.91 Å². The van der Waals surface area contributed by atoms with Crippen LogP contribution in [0.25, 0.3) is 0 Å². The Morgan fingerprint density at radius 1 is 1.35 bits per heavy atom. The maximum absolute atomic E-state index is 12.3. The van der Waals surface area contributed by atoms with Gasteiger partial charge in [-0.3, -0.25) is 4.79 Å². The highest BCUT2D eigenvalue weighted by atomic mass is 35.5. The van der Waals surface area contributed by atoms with Gasteiger partial charge in [-0.05, 0) is 31.4 Å². The normalized spacial score (nSPS) is 17.2. The Kier molecular flexibility index (Phi) is 3.95. The molecule has 0 unspecified atom stereocenters. The first-order valence-electron chi connectivity index (χ1n) is 5.78. The number of alkyl halides is 1. The van der Waals surface area contributed by atoms with Crippen molar-refractivity contribution in [3.05, 3.63) is 34.3 Å². The van der Waals surface area contributed by atoms with E-state index in [1.807, 2.05) is 24.0 Å². The average molecular weight is 272 g/mol. The molecule has 0 aliphatic carbocycles. The number of rotatable bonds is 1. The minimum absolute atomic E-state index is 0.0160. The number of carbonyl (C=O) groups is 1. The summed E-state index contributed by atoms with van der Waals surface area (Å²) in [6, 6.07) is 5.55. The first-order chi connectivity index (χ1) is 8.09. The molecule has 17 heavy (non-hydrogen) atoms. The van der Waals surface area contributed by atoms with Crippen LogP contribution in [0.2, 0.25) is 5.02 Å². The molecule has 1 heterocycles. The molecule has 0 N–H and O–H groups in total. The summed E-state index contributed by atoms with van der Waals surface area (Å²) in [6.45, 7) is 3.35. The van der Waals surface area contributed by atoms with E-state index in [0.717, 1.165) is 31.5 Å². The van der Waals surface area contributed by atoms with Crippen molar-refractivity contribution in [3.63, 3.8) is 0 Å². The van der Waals surface area contributed by atoms with E-state index in [9.17, 15) is 4.79 Å². The van der Waals surface area contributed by atoms with Crippen molar-refractivity contribution in [2.75, 3.05) is 13.1 Å². The molecule has 92 valence electrons. The SMILES string of the molecule is Cc1cccc(C(=O)N2CCC(Cl)CC2)c1Cl. The van der Waals surface area contributed by atoms with Crippen LogP contribution in [0.3, 0.4) is 0 Å². The lowest BCUT2D eigenvalue weighted by atomic mass is 10.1. The van der Waals surface area contributed by atoms with Crippen LogP contribution in [0, 0.1) is 6.92 Å². The van der Waals surface area contributed by atoms with Crippen molar-refractivity contribution >= 4 is 29.1 Å². The van der Waals surface area contributed by atoms with E-state index < -0.39 is 0 Å². The van der Waals surface area contributed by atoms with Crippen LogP contribution in [0.15, 0.2) is 18.2 Å². The van der Waals surface area contributed by atoms with Gasteiger partial charge < -0.3 is 4.90 Å². The molecule has 1 aliphatic heterocycles. The second kappa shape index (κ2) is 5.28. The molecule has 0 saturated carbocycles. The first kappa shape index (κ1) is 12.7. The van der Waals surface area contributed by atoms with E-state index in [4.69, 9.17) is 23.2 Å². The zero-order valence-electron chi connectivity index (χ0n) is 9.75. The second-order valence-corrected chi connectivity index (χ2v) is 5.40. The van der Waals surface area contributed by atoms with Gasteiger partial charge in [0.1, 0.15) is 0 Å². The second-order valence-electron chi connectivity index (χ2n) is 4.40. The zero-order valence-corrected chi connectivity index (χ0v) is 11.3. The Hall–Kier alpha value is -0.730. The summed E-state index contributed by atoms with van der Waals surface area (Å²) in [6.07, 6.45) is 1.72. The Balaban J connectivity index is 2.17. The Labute approximate surface area is 112 Å². The van der Waals surface area contributed by atoms with E-state index in [-0.39, 0.29) is 11.3 Å². The summed E-state index contributed by atoms with van der Waals surface area (Å²) >= 11 is 12.2. The molecule has 0 radical (unpaired) electrons. The Morgan fingerprint density at radius 2 is 2.00 bits per heavy atom. The topological polar surface area (TPSA) is 20.3 Å². The fourth-order valence-electron chi connectivity index (χ4n) is 2.03. The highest BCUT2D eigenvalue weighted by Crippen LogP contribution is 2.24. The maximum atomic E-state index is 12.3. The monoisotopic (exact) mass is 271 g/mol. The number of aryl methyl sites for hydroxylation is 1. The molecule has 0 atom stereocenters. The number of piperidine rings is 1. The zero-order chi connectivity index (χ0) is 12.4. The van der Waals surface area contributed by atoms with Crippen molar-refractivity contribution in [2.45, 2.75) is 25.1 Å². The lowest BCUT2D eigenvalue weighted by Crippen LogP contribution is -2.38. The van der Waals surface area contributed by atoms with Crippen LogP contribution in [0.4, 0.5) is 0 Å². The molecule has 0 spiro atoms. The number of hydrogen-bond donors (Lipinski definition) is 0. The molecule has 1 fully saturated rings. The van der Waals surface area contributed by atoms with Crippen LogP contribution < -0.4 is 0 Å². The third kappa shape index (κ3) is 2.75. The number of carbonyl (C=O) groups excluding carboxylic acids is 1. The van der Waals surface area contributed by atoms with Crippen LogP contribution in [-0.2, 0) is 0 Å². The lowest BCUT2D eigenvalue weighted by Gasteiger charge is -2.29. The van der Waals surface area contributed by atoms with E-state index in [0.29, 0.717) is 10.6 Å². The Morgan fingerprint density at radius 3 is 2.65 bits per heavy atom. The Bertz CT molecular complexity index is 425. The van der Waals surface area contributed by atoms with Crippen LogP contribution in [0.1, 0.15) is 28.8 Å². The van der Waals surface area contributed by atoms with Crippen molar-refractivity contribution in [2.24, 2.45) is 0 Å². The summed E-state index contributed by atoms with van der Waals surface area (Å²) in [5.41, 5.74) is 1.53. The van der Waals surface area contributed by atoms with Gasteiger partial charge in [0.05, 0.1) is 10.6 Å². The number of benzene rings is 1. The van der Waals surface area contributed by atoms with E-state index >= 15 is 0 Å². The summed E-state index contributed by atoms with van der Waals surface area (Å²) in [5.74, 6) is 0.0160. The van der Waals surface area contributed by atoms with Gasteiger partial charge in [-0.15, -0.1) is 11.6 Å². The van der Waals surface area contributed by atoms with Gasteiger partial charge in [-0.25, -0.2) is 0 Å². The minimum Gasteiger partial charge on any atom is -0.338 e. The highest BCUT2D eigenvalue weighted by Gasteiger charge is 2.23. The molecule has 1 aliphatic rings. The minimum atomic E-state index is 0.0160. The van der Waals surface area contributed by atoms with Crippen molar-refractivity contribution < 1.29 is 4.79 Å². The predicted molar refractivity (Wildman–Crippen MR) is 71.0 cm³/mol. The fourth-order valence-corrected chi connectivity index (χ4v) is 2.44. The number of hydrogen-bond acceptors (Lipinski definition) is 1. The molecule has 1 amide bonds. The molecule has 1 aromatic carbocycles. The summed E-state index contributed by atoms with van der Waals surface area (Å²) in [5, 5.41) is 0.762. The lowest BCUT2D eigenvalue weighted by molar-refractivity contribution is 0.0726. The van der Waals surface area contributed by atoms with E-state index in [2.05, 4.69) is 0 Å². The van der Waals surface area contributed by atoms with Crippen LogP contribution >= 0.6 is 23.2 Å². The highest BCUT2D eigenvalue weighted by molar-refractivity contribution is 6.34. The quantitative estimate of drug-likeness (QED) is 0.716. The molecule has 1 aromatic rings. The van der Waals surface area contributed by atoms with Gasteiger partial charge >= 0.3 is 0 Å². The van der Waals surface area contributed by atoms with E-state index in [1.54, 1.807) is 6.07 Å². The molecule has 0 aromatic heterocycles. The average Bonchev–Trinajstić information content (AvgIpc) is 2.33. The molecular formula is C13H15Cl2NO. The number of likely N-dealkylation sites (tertiary alicyclic amines) is 1. The number of amides is 1. The van der Waals surface area contributed by atoms with Gasteiger partial charge in [0.15, 0.2) is 0 Å². The predicted octanol–water partition coefficient (Wildman–Crippen LogP) is 3.49.